The summed E-state index contributed by atoms with van der Waals surface area (Å²) in [5.41, 5.74) is 7.90. The number of nitrogen functional groups attached to an aromatic ring is 1. The predicted octanol–water partition coefficient (Wildman–Crippen LogP) is 2.29. The Hall–Kier alpha value is -2.43. The number of amides is 1. The normalized spacial score (nSPS) is 10.3. The van der Waals surface area contributed by atoms with Gasteiger partial charge in [-0.2, -0.15) is 0 Å². The smallest absolute Gasteiger partial charge is 0.258 e. The number of carbonyl (C=O) groups excluding carboxylic acids is 1. The molecule has 5 nitrogen and oxygen atoms in total. The van der Waals surface area contributed by atoms with Gasteiger partial charge in [0.15, 0.2) is 0 Å². The lowest BCUT2D eigenvalue weighted by Gasteiger charge is -2.17. The van der Waals surface area contributed by atoms with Crippen molar-refractivity contribution in [1.82, 2.24) is 9.97 Å². The molecular formula is C15H18N4O. The Morgan fingerprint density at radius 3 is 2.85 bits per heavy atom. The number of carbonyl (C=O) groups is 1. The van der Waals surface area contributed by atoms with Crippen molar-refractivity contribution in [2.75, 3.05) is 17.7 Å². The van der Waals surface area contributed by atoms with E-state index >= 15 is 0 Å². The molecule has 2 aromatic rings. The molecule has 0 aliphatic carbocycles. The van der Waals surface area contributed by atoms with Crippen LogP contribution >= 0.6 is 0 Å². The molecule has 0 radical (unpaired) electrons. The van der Waals surface area contributed by atoms with Gasteiger partial charge < -0.3 is 10.6 Å². The van der Waals surface area contributed by atoms with Crippen LogP contribution in [0, 0.1) is 0 Å². The quantitative estimate of drug-likeness (QED) is 0.925. The first-order chi connectivity index (χ1) is 9.61. The number of hydrogen-bond donors (Lipinski definition) is 1. The molecule has 2 aromatic heterocycles. The lowest BCUT2D eigenvalue weighted by molar-refractivity contribution is 0.0992. The fourth-order valence-corrected chi connectivity index (χ4v) is 1.98. The summed E-state index contributed by atoms with van der Waals surface area (Å²) in [5.74, 6) is 0.253. The molecule has 0 saturated heterocycles. The highest BCUT2D eigenvalue weighted by Crippen LogP contribution is 2.16. The van der Waals surface area contributed by atoms with Crippen molar-refractivity contribution in [3.63, 3.8) is 0 Å². The molecule has 104 valence electrons. The Morgan fingerprint density at radius 2 is 2.20 bits per heavy atom. The number of aryl methyl sites for hydroxylation is 1. The number of rotatable bonds is 4. The van der Waals surface area contributed by atoms with Crippen LogP contribution in [0.25, 0.3) is 0 Å². The van der Waals surface area contributed by atoms with Gasteiger partial charge in [-0.05, 0) is 30.7 Å². The van der Waals surface area contributed by atoms with E-state index in [0.29, 0.717) is 11.4 Å². The molecule has 2 rings (SSSR count). The molecule has 20 heavy (non-hydrogen) atoms. The van der Waals surface area contributed by atoms with Gasteiger partial charge in [-0.15, -0.1) is 0 Å². The second kappa shape index (κ2) is 6.14. The summed E-state index contributed by atoms with van der Waals surface area (Å²) in [6.45, 7) is 2.06. The van der Waals surface area contributed by atoms with Crippen molar-refractivity contribution in [1.29, 1.82) is 0 Å². The first kappa shape index (κ1) is 14.0. The molecule has 2 N–H and O–H groups in total. The Labute approximate surface area is 118 Å². The summed E-state index contributed by atoms with van der Waals surface area (Å²) in [4.78, 5) is 22.3. The van der Waals surface area contributed by atoms with E-state index in [1.807, 2.05) is 6.07 Å². The number of nitrogens with zero attached hydrogens (tertiary/aromatic N) is 3. The molecule has 0 saturated carbocycles. The molecule has 0 aliphatic rings. The minimum atomic E-state index is -0.121. The Morgan fingerprint density at radius 1 is 1.40 bits per heavy atom. The van der Waals surface area contributed by atoms with Crippen molar-refractivity contribution in [2.24, 2.45) is 0 Å². The van der Waals surface area contributed by atoms with E-state index in [1.54, 1.807) is 42.5 Å². The molecule has 2 heterocycles. The summed E-state index contributed by atoms with van der Waals surface area (Å²) in [6, 6.07) is 7.04. The SMILES string of the molecule is CCCc1cc(C(=O)N(C)c2cccnc2)cc(N)n1. The second-order valence-corrected chi connectivity index (χ2v) is 4.60. The van der Waals surface area contributed by atoms with Crippen LogP contribution < -0.4 is 10.6 Å². The van der Waals surface area contributed by atoms with E-state index in [9.17, 15) is 4.79 Å². The minimum Gasteiger partial charge on any atom is -0.384 e. The van der Waals surface area contributed by atoms with Crippen LogP contribution in [-0.4, -0.2) is 22.9 Å². The van der Waals surface area contributed by atoms with E-state index in [0.717, 1.165) is 24.2 Å². The number of aromatic nitrogens is 2. The molecule has 0 spiro atoms. The average molecular weight is 270 g/mol. The number of anilines is 2. The van der Waals surface area contributed by atoms with Gasteiger partial charge in [-0.1, -0.05) is 13.3 Å². The van der Waals surface area contributed by atoms with Crippen molar-refractivity contribution >= 4 is 17.4 Å². The van der Waals surface area contributed by atoms with Gasteiger partial charge in [0.05, 0.1) is 11.9 Å². The number of hydrogen-bond acceptors (Lipinski definition) is 4. The lowest BCUT2D eigenvalue weighted by atomic mass is 10.1. The van der Waals surface area contributed by atoms with E-state index in [1.165, 1.54) is 0 Å². The fraction of sp³-hybridized carbons (Fsp3) is 0.267. The van der Waals surface area contributed by atoms with Gasteiger partial charge in [-0.25, -0.2) is 4.98 Å². The zero-order valence-corrected chi connectivity index (χ0v) is 11.7. The predicted molar refractivity (Wildman–Crippen MR) is 79.6 cm³/mol. The van der Waals surface area contributed by atoms with E-state index in [-0.39, 0.29) is 5.91 Å². The molecule has 0 aromatic carbocycles. The van der Waals surface area contributed by atoms with Crippen LogP contribution in [0.4, 0.5) is 11.5 Å². The van der Waals surface area contributed by atoms with Crippen LogP contribution in [0.1, 0.15) is 29.4 Å². The first-order valence-electron chi connectivity index (χ1n) is 6.56. The van der Waals surface area contributed by atoms with Crippen molar-refractivity contribution in [3.8, 4) is 0 Å². The maximum atomic E-state index is 12.5. The van der Waals surface area contributed by atoms with E-state index in [2.05, 4.69) is 16.9 Å². The molecule has 0 aliphatic heterocycles. The monoisotopic (exact) mass is 270 g/mol. The Bertz CT molecular complexity index is 598. The molecule has 0 bridgehead atoms. The number of pyridine rings is 2. The second-order valence-electron chi connectivity index (χ2n) is 4.60. The molecule has 0 unspecified atom stereocenters. The fourth-order valence-electron chi connectivity index (χ4n) is 1.98. The third-order valence-electron chi connectivity index (χ3n) is 2.99. The lowest BCUT2D eigenvalue weighted by Crippen LogP contribution is -2.26. The summed E-state index contributed by atoms with van der Waals surface area (Å²) >= 11 is 0. The largest absolute Gasteiger partial charge is 0.384 e. The Balaban J connectivity index is 2.29. The highest BCUT2D eigenvalue weighted by molar-refractivity contribution is 6.06. The summed E-state index contributed by atoms with van der Waals surface area (Å²) in [6.07, 6.45) is 5.09. The van der Waals surface area contributed by atoms with Gasteiger partial charge in [0.2, 0.25) is 0 Å². The third-order valence-corrected chi connectivity index (χ3v) is 2.99. The molecule has 5 heteroatoms. The summed E-state index contributed by atoms with van der Waals surface area (Å²) in [5, 5.41) is 0. The van der Waals surface area contributed by atoms with E-state index < -0.39 is 0 Å². The Kier molecular flexibility index (Phi) is 4.30. The van der Waals surface area contributed by atoms with Crippen LogP contribution in [0.5, 0.6) is 0 Å². The van der Waals surface area contributed by atoms with Gasteiger partial charge in [-0.3, -0.25) is 9.78 Å². The minimum absolute atomic E-state index is 0.121. The zero-order chi connectivity index (χ0) is 14.5. The molecular weight excluding hydrogens is 252 g/mol. The zero-order valence-electron chi connectivity index (χ0n) is 11.7. The molecule has 0 atom stereocenters. The maximum Gasteiger partial charge on any atom is 0.258 e. The van der Waals surface area contributed by atoms with Crippen LogP contribution in [-0.2, 0) is 6.42 Å². The van der Waals surface area contributed by atoms with Crippen LogP contribution in [0.3, 0.4) is 0 Å². The standard InChI is InChI=1S/C15H18N4O/c1-3-5-12-8-11(9-14(16)18-12)15(20)19(2)13-6-4-7-17-10-13/h4,6-10H,3,5H2,1-2H3,(H2,16,18). The van der Waals surface area contributed by atoms with Gasteiger partial charge in [0.25, 0.3) is 5.91 Å². The van der Waals surface area contributed by atoms with E-state index in [4.69, 9.17) is 5.73 Å². The maximum absolute atomic E-state index is 12.5. The molecule has 0 fully saturated rings. The molecule has 1 amide bonds. The topological polar surface area (TPSA) is 72.1 Å². The van der Waals surface area contributed by atoms with Gasteiger partial charge >= 0.3 is 0 Å². The van der Waals surface area contributed by atoms with Gasteiger partial charge in [0.1, 0.15) is 5.82 Å². The average Bonchev–Trinajstić information content (AvgIpc) is 2.46. The highest BCUT2D eigenvalue weighted by Gasteiger charge is 2.15. The highest BCUT2D eigenvalue weighted by atomic mass is 16.2. The summed E-state index contributed by atoms with van der Waals surface area (Å²) < 4.78 is 0. The first-order valence-corrected chi connectivity index (χ1v) is 6.56. The summed E-state index contributed by atoms with van der Waals surface area (Å²) in [7, 11) is 1.72. The van der Waals surface area contributed by atoms with Crippen molar-refractivity contribution in [3.05, 3.63) is 47.9 Å². The van der Waals surface area contributed by atoms with Crippen LogP contribution in [0.2, 0.25) is 0 Å². The number of nitrogens with two attached hydrogens (primary N) is 1. The van der Waals surface area contributed by atoms with Crippen molar-refractivity contribution < 1.29 is 4.79 Å². The van der Waals surface area contributed by atoms with Crippen molar-refractivity contribution in [2.45, 2.75) is 19.8 Å². The third kappa shape index (κ3) is 3.12. The van der Waals surface area contributed by atoms with Crippen LogP contribution in [0.15, 0.2) is 36.7 Å². The van der Waals surface area contributed by atoms with Gasteiger partial charge in [0, 0.05) is 24.5 Å².